The van der Waals surface area contributed by atoms with Crippen LogP contribution in [0.15, 0.2) is 0 Å². The van der Waals surface area contributed by atoms with E-state index in [-0.39, 0.29) is 12.0 Å². The Morgan fingerprint density at radius 1 is 1.38 bits per heavy atom. The van der Waals surface area contributed by atoms with E-state index in [1.807, 2.05) is 11.6 Å². The summed E-state index contributed by atoms with van der Waals surface area (Å²) in [6, 6.07) is 0.503. The Morgan fingerprint density at radius 3 is 2.75 bits per heavy atom. The van der Waals surface area contributed by atoms with E-state index < -0.39 is 0 Å². The van der Waals surface area contributed by atoms with E-state index in [1.165, 1.54) is 11.3 Å². The van der Waals surface area contributed by atoms with Crippen molar-refractivity contribution in [2.24, 2.45) is 0 Å². The molecule has 24 heavy (non-hydrogen) atoms. The lowest BCUT2D eigenvalue weighted by Gasteiger charge is -2.35. The Balaban J connectivity index is 1.67. The molecular weight excluding hydrogens is 304 g/mol. The first kappa shape index (κ1) is 18.9. The zero-order valence-corrected chi connectivity index (χ0v) is 15.8. The molecule has 0 aromatic carbocycles. The molecule has 2 heterocycles. The van der Waals surface area contributed by atoms with Crippen molar-refractivity contribution >= 4 is 5.91 Å². The van der Waals surface area contributed by atoms with Crippen LogP contribution in [-0.4, -0.2) is 59.0 Å². The lowest BCUT2D eigenvalue weighted by molar-refractivity contribution is -0.126. The first-order chi connectivity index (χ1) is 11.4. The fraction of sp³-hybridized carbons (Fsp3) is 0.778. The second-order valence-corrected chi connectivity index (χ2v) is 7.01. The maximum atomic E-state index is 12.1. The second kappa shape index (κ2) is 8.62. The normalized spacial score (nSPS) is 19.0. The van der Waals surface area contributed by atoms with Gasteiger partial charge in [0.25, 0.3) is 0 Å². The van der Waals surface area contributed by atoms with Gasteiger partial charge in [-0.1, -0.05) is 0 Å². The van der Waals surface area contributed by atoms with E-state index in [2.05, 4.69) is 43.0 Å². The number of hydrogen-bond donors (Lipinski definition) is 1. The first-order valence-electron chi connectivity index (χ1n) is 9.01. The number of hydrogen-bond acceptors (Lipinski definition) is 4. The summed E-state index contributed by atoms with van der Waals surface area (Å²) >= 11 is 0. The van der Waals surface area contributed by atoms with E-state index in [0.29, 0.717) is 25.6 Å². The van der Waals surface area contributed by atoms with Crippen molar-refractivity contribution in [3.63, 3.8) is 0 Å². The summed E-state index contributed by atoms with van der Waals surface area (Å²) in [5.74, 6) is 0.0788. The highest BCUT2D eigenvalue weighted by Crippen LogP contribution is 2.12. The van der Waals surface area contributed by atoms with Gasteiger partial charge in [-0.05, 0) is 46.6 Å². The maximum Gasteiger partial charge on any atom is 0.222 e. The molecule has 1 aliphatic rings. The Labute approximate surface area is 145 Å². The lowest BCUT2D eigenvalue weighted by Crippen LogP contribution is -2.47. The molecule has 6 heteroatoms. The second-order valence-electron chi connectivity index (χ2n) is 7.01. The van der Waals surface area contributed by atoms with Crippen molar-refractivity contribution in [3.05, 3.63) is 17.0 Å². The van der Waals surface area contributed by atoms with E-state index in [9.17, 15) is 4.79 Å². The molecule has 0 spiro atoms. The van der Waals surface area contributed by atoms with E-state index in [1.54, 1.807) is 0 Å². The minimum Gasteiger partial charge on any atom is -0.375 e. The topological polar surface area (TPSA) is 59.4 Å². The third kappa shape index (κ3) is 5.05. The summed E-state index contributed by atoms with van der Waals surface area (Å²) in [7, 11) is 0. The predicted octanol–water partition coefficient (Wildman–Crippen LogP) is 1.81. The minimum absolute atomic E-state index is 0.0137. The van der Waals surface area contributed by atoms with Crippen LogP contribution in [0.25, 0.3) is 0 Å². The molecule has 0 radical (unpaired) electrons. The number of amides is 1. The fourth-order valence-electron chi connectivity index (χ4n) is 3.07. The van der Waals surface area contributed by atoms with Crippen LogP contribution in [-0.2, 0) is 16.1 Å². The molecule has 6 nitrogen and oxygen atoms in total. The maximum absolute atomic E-state index is 12.1. The number of nitrogens with zero attached hydrogens (tertiary/aromatic N) is 3. The van der Waals surface area contributed by atoms with Crippen LogP contribution in [0.1, 0.15) is 43.6 Å². The molecule has 1 saturated heterocycles. The molecule has 1 aromatic rings. The summed E-state index contributed by atoms with van der Waals surface area (Å²) in [6.07, 6.45) is 1.35. The van der Waals surface area contributed by atoms with Gasteiger partial charge in [-0.3, -0.25) is 14.4 Å². The van der Waals surface area contributed by atoms with E-state index >= 15 is 0 Å². The van der Waals surface area contributed by atoms with Gasteiger partial charge in [-0.15, -0.1) is 0 Å². The van der Waals surface area contributed by atoms with Crippen LogP contribution >= 0.6 is 0 Å². The Kier molecular flexibility index (Phi) is 6.80. The van der Waals surface area contributed by atoms with Crippen LogP contribution in [0.4, 0.5) is 0 Å². The van der Waals surface area contributed by atoms with E-state index in [0.717, 1.165) is 31.7 Å². The zero-order chi connectivity index (χ0) is 17.7. The van der Waals surface area contributed by atoms with Crippen molar-refractivity contribution in [2.45, 2.75) is 66.2 Å². The quantitative estimate of drug-likeness (QED) is 0.772. The van der Waals surface area contributed by atoms with Gasteiger partial charge in [0.05, 0.1) is 24.8 Å². The zero-order valence-electron chi connectivity index (χ0n) is 15.8. The first-order valence-corrected chi connectivity index (χ1v) is 9.01. The van der Waals surface area contributed by atoms with Crippen LogP contribution in [0.5, 0.6) is 0 Å². The molecule has 136 valence electrons. The molecule has 1 amide bonds. The molecule has 1 fully saturated rings. The average molecular weight is 336 g/mol. The number of nitrogens with one attached hydrogen (secondary N) is 1. The molecule has 1 aromatic heterocycles. The number of ether oxygens (including phenoxy) is 1. The van der Waals surface area contributed by atoms with Crippen molar-refractivity contribution in [3.8, 4) is 0 Å². The molecule has 0 saturated carbocycles. The van der Waals surface area contributed by atoms with Crippen LogP contribution < -0.4 is 5.32 Å². The van der Waals surface area contributed by atoms with Gasteiger partial charge >= 0.3 is 0 Å². The molecule has 0 bridgehead atoms. The minimum atomic E-state index is 0.0137. The van der Waals surface area contributed by atoms with Crippen LogP contribution in [0.2, 0.25) is 0 Å². The summed E-state index contributed by atoms with van der Waals surface area (Å²) in [4.78, 5) is 14.5. The van der Waals surface area contributed by atoms with Gasteiger partial charge in [0, 0.05) is 37.9 Å². The van der Waals surface area contributed by atoms with Gasteiger partial charge in [0.2, 0.25) is 5.91 Å². The summed E-state index contributed by atoms with van der Waals surface area (Å²) < 4.78 is 7.75. The SMILES string of the molecule is Cc1nn(CCCNC(=O)C[C@@H]2CN(C(C)C)CCO2)c(C)c1C. The summed E-state index contributed by atoms with van der Waals surface area (Å²) in [5, 5.41) is 7.53. The third-order valence-electron chi connectivity index (χ3n) is 4.93. The number of carbonyl (C=O) groups excluding carboxylic acids is 1. The molecule has 2 rings (SSSR count). The number of carbonyl (C=O) groups is 1. The van der Waals surface area contributed by atoms with Crippen molar-refractivity contribution in [1.29, 1.82) is 0 Å². The number of aryl methyl sites for hydroxylation is 2. The fourth-order valence-corrected chi connectivity index (χ4v) is 3.07. The average Bonchev–Trinajstić information content (AvgIpc) is 2.79. The summed E-state index contributed by atoms with van der Waals surface area (Å²) in [6.45, 7) is 14.6. The Hall–Kier alpha value is -1.40. The predicted molar refractivity (Wildman–Crippen MR) is 95.1 cm³/mol. The number of aromatic nitrogens is 2. The van der Waals surface area contributed by atoms with Gasteiger partial charge in [0.15, 0.2) is 0 Å². The van der Waals surface area contributed by atoms with Gasteiger partial charge in [-0.2, -0.15) is 5.10 Å². The Bertz CT molecular complexity index is 553. The monoisotopic (exact) mass is 336 g/mol. The molecule has 1 N–H and O–H groups in total. The number of rotatable bonds is 7. The third-order valence-corrected chi connectivity index (χ3v) is 4.93. The standard InChI is InChI=1S/C18H32N4O2/c1-13(2)21-9-10-24-17(12-21)11-18(23)19-7-6-8-22-16(5)14(3)15(4)20-22/h13,17H,6-12H2,1-5H3,(H,19,23)/t17-/m1/s1. The van der Waals surface area contributed by atoms with Gasteiger partial charge in [-0.25, -0.2) is 0 Å². The van der Waals surface area contributed by atoms with Gasteiger partial charge < -0.3 is 10.1 Å². The van der Waals surface area contributed by atoms with Crippen molar-refractivity contribution in [2.75, 3.05) is 26.2 Å². The molecule has 0 aliphatic carbocycles. The highest BCUT2D eigenvalue weighted by Gasteiger charge is 2.24. The largest absolute Gasteiger partial charge is 0.375 e. The molecule has 1 atom stereocenters. The Morgan fingerprint density at radius 2 is 2.12 bits per heavy atom. The highest BCUT2D eigenvalue weighted by atomic mass is 16.5. The van der Waals surface area contributed by atoms with E-state index in [4.69, 9.17) is 4.74 Å². The van der Waals surface area contributed by atoms with Crippen LogP contribution in [0.3, 0.4) is 0 Å². The van der Waals surface area contributed by atoms with Crippen LogP contribution in [0, 0.1) is 20.8 Å². The number of morpholine rings is 1. The highest BCUT2D eigenvalue weighted by molar-refractivity contribution is 5.76. The molecular formula is C18H32N4O2. The molecule has 1 aliphatic heterocycles. The van der Waals surface area contributed by atoms with Crippen molar-refractivity contribution < 1.29 is 9.53 Å². The smallest absolute Gasteiger partial charge is 0.222 e. The van der Waals surface area contributed by atoms with Gasteiger partial charge in [0.1, 0.15) is 0 Å². The molecule has 0 unspecified atom stereocenters. The summed E-state index contributed by atoms with van der Waals surface area (Å²) in [5.41, 5.74) is 3.55. The lowest BCUT2D eigenvalue weighted by atomic mass is 10.1. The van der Waals surface area contributed by atoms with Crippen molar-refractivity contribution in [1.82, 2.24) is 20.0 Å².